The Bertz CT molecular complexity index is 229. The van der Waals surface area contributed by atoms with E-state index >= 15 is 0 Å². The number of hydrogen-bond donors (Lipinski definition) is 2. The summed E-state index contributed by atoms with van der Waals surface area (Å²) in [6, 6.07) is 0.187. The summed E-state index contributed by atoms with van der Waals surface area (Å²) in [4.78, 5) is 11.8. The van der Waals surface area contributed by atoms with Gasteiger partial charge in [0.15, 0.2) is 0 Å². The van der Waals surface area contributed by atoms with Gasteiger partial charge in [-0.15, -0.1) is 19.0 Å². The van der Waals surface area contributed by atoms with Crippen molar-refractivity contribution in [3.8, 4) is 0 Å². The van der Waals surface area contributed by atoms with Gasteiger partial charge in [-0.2, -0.15) is 0 Å². The molecule has 0 heterocycles. The fraction of sp³-hybridized carbons (Fsp3) is 0.769. The van der Waals surface area contributed by atoms with Crippen LogP contribution in [0.5, 0.6) is 0 Å². The molecule has 0 bridgehead atoms. The first-order valence-electron chi connectivity index (χ1n) is 6.14. The van der Waals surface area contributed by atoms with Crippen molar-refractivity contribution < 1.29 is 4.79 Å². The Hall–Kier alpha value is -0.540. The number of allylic oxidation sites excluding steroid dienone is 1. The number of rotatable bonds is 8. The third-order valence-electron chi connectivity index (χ3n) is 2.71. The summed E-state index contributed by atoms with van der Waals surface area (Å²) in [5, 5.41) is 2.97. The Morgan fingerprint density at radius 3 is 2.65 bits per heavy atom. The van der Waals surface area contributed by atoms with E-state index in [1.807, 2.05) is 19.9 Å². The van der Waals surface area contributed by atoms with E-state index in [9.17, 15) is 4.79 Å². The Morgan fingerprint density at radius 2 is 2.18 bits per heavy atom. The van der Waals surface area contributed by atoms with Crippen LogP contribution in [0.3, 0.4) is 0 Å². The van der Waals surface area contributed by atoms with Crippen LogP contribution in [0, 0.1) is 0 Å². The number of hydrogen-bond acceptors (Lipinski definition) is 2. The molecule has 2 atom stereocenters. The van der Waals surface area contributed by atoms with Gasteiger partial charge in [0.05, 0.1) is 5.54 Å². The highest BCUT2D eigenvalue weighted by Gasteiger charge is 2.27. The summed E-state index contributed by atoms with van der Waals surface area (Å²) in [5.74, 6) is -0.0412. The Morgan fingerprint density at radius 1 is 1.59 bits per heavy atom. The molecule has 102 valence electrons. The molecular weight excluding hydrogens is 236 g/mol. The number of amides is 1. The number of halogens is 1. The standard InChI is InChI=1S/C13H26N2O.ClH/c1-5-7-8-9-11(3)15-12(16)13(4,14)10-6-2;/h5,11H,1,6-10,14H2,2-4H3,(H,15,16);1H. The summed E-state index contributed by atoms with van der Waals surface area (Å²) in [6.45, 7) is 9.52. The zero-order valence-corrected chi connectivity index (χ0v) is 12.1. The average Bonchev–Trinajstić information content (AvgIpc) is 2.17. The molecule has 0 aliphatic rings. The van der Waals surface area contributed by atoms with Gasteiger partial charge in [-0.1, -0.05) is 19.4 Å². The zero-order chi connectivity index (χ0) is 12.6. The highest BCUT2D eigenvalue weighted by molar-refractivity contribution is 5.85. The Kier molecular flexibility index (Phi) is 10.5. The van der Waals surface area contributed by atoms with E-state index in [0.717, 1.165) is 32.1 Å². The molecule has 0 saturated heterocycles. The first-order chi connectivity index (χ1) is 7.44. The maximum atomic E-state index is 11.8. The van der Waals surface area contributed by atoms with Crippen LogP contribution >= 0.6 is 12.4 Å². The van der Waals surface area contributed by atoms with Crippen LogP contribution in [0.1, 0.15) is 52.9 Å². The van der Waals surface area contributed by atoms with Crippen molar-refractivity contribution in [2.45, 2.75) is 64.5 Å². The van der Waals surface area contributed by atoms with Crippen LogP contribution in [0.25, 0.3) is 0 Å². The topological polar surface area (TPSA) is 55.1 Å². The Labute approximate surface area is 112 Å². The highest BCUT2D eigenvalue weighted by Crippen LogP contribution is 2.10. The largest absolute Gasteiger partial charge is 0.352 e. The van der Waals surface area contributed by atoms with E-state index in [2.05, 4.69) is 11.9 Å². The number of unbranched alkanes of at least 4 members (excludes halogenated alkanes) is 1. The fourth-order valence-corrected chi connectivity index (χ4v) is 1.66. The van der Waals surface area contributed by atoms with Gasteiger partial charge in [-0.05, 0) is 39.5 Å². The molecule has 0 aromatic rings. The summed E-state index contributed by atoms with van der Waals surface area (Å²) in [7, 11) is 0. The quantitative estimate of drug-likeness (QED) is 0.522. The van der Waals surface area contributed by atoms with Crippen LogP contribution in [0.2, 0.25) is 0 Å². The normalized spacial score (nSPS) is 15.3. The van der Waals surface area contributed by atoms with Crippen molar-refractivity contribution in [2.75, 3.05) is 0 Å². The monoisotopic (exact) mass is 262 g/mol. The molecule has 4 heteroatoms. The molecule has 0 aliphatic heterocycles. The number of nitrogens with two attached hydrogens (primary N) is 1. The lowest BCUT2D eigenvalue weighted by Gasteiger charge is -2.25. The van der Waals surface area contributed by atoms with E-state index < -0.39 is 5.54 Å². The van der Waals surface area contributed by atoms with Gasteiger partial charge in [0.25, 0.3) is 0 Å². The first kappa shape index (κ1) is 18.8. The van der Waals surface area contributed by atoms with Crippen LogP contribution in [0.4, 0.5) is 0 Å². The van der Waals surface area contributed by atoms with Crippen molar-refractivity contribution in [1.29, 1.82) is 0 Å². The van der Waals surface area contributed by atoms with Gasteiger partial charge in [0.2, 0.25) is 5.91 Å². The van der Waals surface area contributed by atoms with Gasteiger partial charge in [0.1, 0.15) is 0 Å². The minimum atomic E-state index is -0.735. The predicted molar refractivity (Wildman–Crippen MR) is 76.4 cm³/mol. The van der Waals surface area contributed by atoms with Crippen molar-refractivity contribution >= 4 is 18.3 Å². The molecular formula is C13H27ClN2O. The van der Waals surface area contributed by atoms with Crippen LogP contribution < -0.4 is 11.1 Å². The van der Waals surface area contributed by atoms with Crippen molar-refractivity contribution in [3.63, 3.8) is 0 Å². The second-order valence-electron chi connectivity index (χ2n) is 4.76. The van der Waals surface area contributed by atoms with Gasteiger partial charge < -0.3 is 11.1 Å². The third-order valence-corrected chi connectivity index (χ3v) is 2.71. The van der Waals surface area contributed by atoms with E-state index in [0.29, 0.717) is 0 Å². The van der Waals surface area contributed by atoms with E-state index in [1.54, 1.807) is 6.92 Å². The molecule has 0 aromatic heterocycles. The predicted octanol–water partition coefficient (Wildman–Crippen LogP) is 2.79. The lowest BCUT2D eigenvalue weighted by molar-refractivity contribution is -0.126. The van der Waals surface area contributed by atoms with Crippen molar-refractivity contribution in [1.82, 2.24) is 5.32 Å². The second kappa shape index (κ2) is 9.49. The van der Waals surface area contributed by atoms with Crippen molar-refractivity contribution in [2.24, 2.45) is 5.73 Å². The van der Waals surface area contributed by atoms with Gasteiger partial charge in [-0.3, -0.25) is 4.79 Å². The number of carbonyl (C=O) groups excluding carboxylic acids is 1. The van der Waals surface area contributed by atoms with E-state index in [4.69, 9.17) is 5.73 Å². The zero-order valence-electron chi connectivity index (χ0n) is 11.3. The van der Waals surface area contributed by atoms with E-state index in [1.165, 1.54) is 0 Å². The molecule has 2 unspecified atom stereocenters. The first-order valence-corrected chi connectivity index (χ1v) is 6.14. The number of nitrogens with one attached hydrogen (secondary N) is 1. The van der Waals surface area contributed by atoms with Gasteiger partial charge in [-0.25, -0.2) is 0 Å². The molecule has 1 amide bonds. The second-order valence-corrected chi connectivity index (χ2v) is 4.76. The lowest BCUT2D eigenvalue weighted by Crippen LogP contribution is -2.53. The van der Waals surface area contributed by atoms with Crippen LogP contribution in [-0.4, -0.2) is 17.5 Å². The summed E-state index contributed by atoms with van der Waals surface area (Å²) in [5.41, 5.74) is 5.21. The molecule has 0 aliphatic carbocycles. The molecule has 3 nitrogen and oxygen atoms in total. The van der Waals surface area contributed by atoms with Crippen LogP contribution in [0.15, 0.2) is 12.7 Å². The highest BCUT2D eigenvalue weighted by atomic mass is 35.5. The molecule has 0 saturated carbocycles. The molecule has 0 rings (SSSR count). The summed E-state index contributed by atoms with van der Waals surface area (Å²) < 4.78 is 0. The SMILES string of the molecule is C=CCCCC(C)NC(=O)C(C)(N)CCC.Cl. The maximum absolute atomic E-state index is 11.8. The minimum absolute atomic E-state index is 0. The molecule has 0 aromatic carbocycles. The summed E-state index contributed by atoms with van der Waals surface area (Å²) >= 11 is 0. The lowest BCUT2D eigenvalue weighted by atomic mass is 9.96. The number of carbonyl (C=O) groups is 1. The third kappa shape index (κ3) is 8.22. The summed E-state index contributed by atoms with van der Waals surface area (Å²) in [6.07, 6.45) is 6.57. The molecule has 0 fully saturated rings. The molecule has 3 N–H and O–H groups in total. The Balaban J connectivity index is 0. The molecule has 17 heavy (non-hydrogen) atoms. The van der Waals surface area contributed by atoms with Crippen molar-refractivity contribution in [3.05, 3.63) is 12.7 Å². The average molecular weight is 263 g/mol. The van der Waals surface area contributed by atoms with Gasteiger partial charge >= 0.3 is 0 Å². The smallest absolute Gasteiger partial charge is 0.240 e. The molecule has 0 spiro atoms. The van der Waals surface area contributed by atoms with Crippen LogP contribution in [-0.2, 0) is 4.79 Å². The minimum Gasteiger partial charge on any atom is -0.352 e. The van der Waals surface area contributed by atoms with E-state index in [-0.39, 0.29) is 24.4 Å². The maximum Gasteiger partial charge on any atom is 0.240 e. The fourth-order valence-electron chi connectivity index (χ4n) is 1.66. The molecule has 0 radical (unpaired) electrons. The van der Waals surface area contributed by atoms with Gasteiger partial charge in [0, 0.05) is 6.04 Å².